The van der Waals surface area contributed by atoms with E-state index in [2.05, 4.69) is 25.5 Å². The summed E-state index contributed by atoms with van der Waals surface area (Å²) in [5, 5.41) is 5.37. The highest BCUT2D eigenvalue weighted by atomic mass is 19.4. The van der Waals surface area contributed by atoms with Gasteiger partial charge in [0.1, 0.15) is 6.33 Å². The zero-order chi connectivity index (χ0) is 28.0. The first-order valence-corrected chi connectivity index (χ1v) is 12.4. The minimum atomic E-state index is -4.60. The summed E-state index contributed by atoms with van der Waals surface area (Å²) in [4.78, 5) is 37.1. The maximum atomic E-state index is 13.9. The first kappa shape index (κ1) is 27.9. The van der Waals surface area contributed by atoms with Crippen molar-refractivity contribution in [1.82, 2.24) is 19.8 Å². The fraction of sp³-hybridized carbons (Fsp3) is 0.286. The number of anilines is 2. The molecule has 1 aromatic heterocycles. The second-order valence-electron chi connectivity index (χ2n) is 9.43. The molecule has 0 radical (unpaired) electrons. The Morgan fingerprint density at radius 3 is 2.41 bits per heavy atom. The van der Waals surface area contributed by atoms with Gasteiger partial charge >= 0.3 is 6.18 Å². The van der Waals surface area contributed by atoms with Gasteiger partial charge in [-0.15, -0.1) is 0 Å². The number of benzene rings is 2. The molecule has 0 saturated carbocycles. The number of amides is 2. The predicted octanol–water partition coefficient (Wildman–Crippen LogP) is 4.46. The molecular formula is C28H29F3N6O2. The molecule has 0 spiro atoms. The molecule has 0 bridgehead atoms. The second-order valence-corrected chi connectivity index (χ2v) is 9.43. The van der Waals surface area contributed by atoms with Gasteiger partial charge in [0.25, 0.3) is 5.91 Å². The van der Waals surface area contributed by atoms with Gasteiger partial charge in [0.05, 0.1) is 5.56 Å². The number of carbonyl (C=O) groups excluding carboxylic acids is 2. The van der Waals surface area contributed by atoms with Gasteiger partial charge < -0.3 is 15.5 Å². The number of piperazine rings is 1. The Kier molecular flexibility index (Phi) is 8.72. The zero-order valence-electron chi connectivity index (χ0n) is 21.6. The van der Waals surface area contributed by atoms with Crippen LogP contribution < -0.4 is 10.6 Å². The third kappa shape index (κ3) is 7.71. The van der Waals surface area contributed by atoms with Gasteiger partial charge in [-0.2, -0.15) is 13.2 Å². The minimum Gasteiger partial charge on any atom is -0.322 e. The van der Waals surface area contributed by atoms with Crippen molar-refractivity contribution in [2.24, 2.45) is 0 Å². The van der Waals surface area contributed by atoms with E-state index in [1.165, 1.54) is 24.5 Å². The molecule has 0 aliphatic carbocycles. The summed E-state index contributed by atoms with van der Waals surface area (Å²) in [7, 11) is 1.98. The third-order valence-electron chi connectivity index (χ3n) is 6.43. The smallest absolute Gasteiger partial charge is 0.322 e. The molecule has 1 saturated heterocycles. The van der Waals surface area contributed by atoms with Crippen LogP contribution in [0, 0.1) is 6.92 Å². The quantitative estimate of drug-likeness (QED) is 0.432. The van der Waals surface area contributed by atoms with Gasteiger partial charge in [0.2, 0.25) is 5.91 Å². The summed E-state index contributed by atoms with van der Waals surface area (Å²) in [5.74, 6) is -1.09. The number of aryl methyl sites for hydroxylation is 1. The molecule has 2 amide bonds. The highest BCUT2D eigenvalue weighted by Crippen LogP contribution is 2.34. The molecule has 0 unspecified atom stereocenters. The van der Waals surface area contributed by atoms with Crippen molar-refractivity contribution in [2.75, 3.05) is 43.9 Å². The van der Waals surface area contributed by atoms with Crippen LogP contribution >= 0.6 is 0 Å². The van der Waals surface area contributed by atoms with Gasteiger partial charge in [-0.05, 0) is 55.4 Å². The minimum absolute atomic E-state index is 0.108. The molecule has 1 aliphatic heterocycles. The van der Waals surface area contributed by atoms with Crippen molar-refractivity contribution in [3.63, 3.8) is 0 Å². The summed E-state index contributed by atoms with van der Waals surface area (Å²) in [5.41, 5.74) is 1.38. The van der Waals surface area contributed by atoms with E-state index < -0.39 is 23.6 Å². The van der Waals surface area contributed by atoms with Crippen LogP contribution in [0.1, 0.15) is 32.6 Å². The van der Waals surface area contributed by atoms with Crippen molar-refractivity contribution in [3.8, 4) is 0 Å². The van der Waals surface area contributed by atoms with Gasteiger partial charge in [-0.25, -0.2) is 9.97 Å². The average Bonchev–Trinajstić information content (AvgIpc) is 2.91. The first-order chi connectivity index (χ1) is 18.6. The van der Waals surface area contributed by atoms with Gasteiger partial charge in [0.15, 0.2) is 0 Å². The fourth-order valence-corrected chi connectivity index (χ4v) is 4.15. The van der Waals surface area contributed by atoms with Crippen molar-refractivity contribution in [2.45, 2.75) is 19.6 Å². The lowest BCUT2D eigenvalue weighted by Gasteiger charge is -2.33. The molecule has 4 rings (SSSR count). The molecule has 11 heteroatoms. The van der Waals surface area contributed by atoms with E-state index in [-0.39, 0.29) is 17.7 Å². The molecule has 2 aromatic carbocycles. The summed E-state index contributed by atoms with van der Waals surface area (Å²) in [6.45, 7) is 4.89. The number of likely N-dealkylation sites (N-methyl/N-ethyl adjacent to an activating group) is 1. The molecule has 1 aliphatic rings. The number of hydrogen-bond acceptors (Lipinski definition) is 6. The number of rotatable bonds is 7. The van der Waals surface area contributed by atoms with Crippen LogP contribution in [-0.4, -0.2) is 64.8 Å². The van der Waals surface area contributed by atoms with Crippen molar-refractivity contribution in [1.29, 1.82) is 0 Å². The van der Waals surface area contributed by atoms with Gasteiger partial charge in [0, 0.05) is 73.7 Å². The Bertz CT molecular complexity index is 1350. The zero-order valence-corrected chi connectivity index (χ0v) is 21.6. The average molecular weight is 539 g/mol. The van der Waals surface area contributed by atoms with E-state index in [0.29, 0.717) is 30.0 Å². The van der Waals surface area contributed by atoms with Crippen LogP contribution in [0.15, 0.2) is 61.2 Å². The van der Waals surface area contributed by atoms with E-state index in [4.69, 9.17) is 0 Å². The summed E-state index contributed by atoms with van der Waals surface area (Å²) in [6, 6.07) is 8.55. The predicted molar refractivity (Wildman–Crippen MR) is 143 cm³/mol. The molecule has 0 atom stereocenters. The Morgan fingerprint density at radius 1 is 1.00 bits per heavy atom. The van der Waals surface area contributed by atoms with Gasteiger partial charge in [-0.1, -0.05) is 12.1 Å². The number of hydrogen-bond donors (Lipinski definition) is 2. The maximum absolute atomic E-state index is 13.9. The Balaban J connectivity index is 1.46. The number of alkyl halides is 3. The number of halogens is 3. The fourth-order valence-electron chi connectivity index (χ4n) is 4.15. The van der Waals surface area contributed by atoms with Crippen LogP contribution in [-0.2, 0) is 17.5 Å². The molecule has 39 heavy (non-hydrogen) atoms. The monoisotopic (exact) mass is 538 g/mol. The molecular weight excluding hydrogens is 509 g/mol. The van der Waals surface area contributed by atoms with Gasteiger partial charge in [-0.3, -0.25) is 14.5 Å². The van der Waals surface area contributed by atoms with Crippen molar-refractivity contribution in [3.05, 3.63) is 89.0 Å². The lowest BCUT2D eigenvalue weighted by molar-refractivity contribution is -0.138. The normalized spacial score (nSPS) is 14.9. The number of carbonyl (C=O) groups is 2. The number of nitrogens with one attached hydrogen (secondary N) is 2. The lowest BCUT2D eigenvalue weighted by Crippen LogP contribution is -2.44. The third-order valence-corrected chi connectivity index (χ3v) is 6.43. The SMILES string of the molecule is Cc1ccc(NC(=O)c2ccc(CN3CCN(C)CC3)c(C(F)(F)F)c2)cc1NC(=O)/C=C/c1cncnc1. The Morgan fingerprint density at radius 2 is 1.72 bits per heavy atom. The van der Waals surface area contributed by atoms with Crippen molar-refractivity contribution >= 4 is 29.3 Å². The molecule has 2 N–H and O–H groups in total. The summed E-state index contributed by atoms with van der Waals surface area (Å²) in [6.07, 6.45) is 2.78. The number of aromatic nitrogens is 2. The van der Waals surface area contributed by atoms with E-state index in [1.807, 2.05) is 11.9 Å². The van der Waals surface area contributed by atoms with E-state index in [1.54, 1.807) is 43.6 Å². The molecule has 204 valence electrons. The van der Waals surface area contributed by atoms with Crippen LogP contribution in [0.4, 0.5) is 24.5 Å². The van der Waals surface area contributed by atoms with Crippen molar-refractivity contribution < 1.29 is 22.8 Å². The van der Waals surface area contributed by atoms with E-state index in [0.717, 1.165) is 24.7 Å². The van der Waals surface area contributed by atoms with E-state index >= 15 is 0 Å². The molecule has 1 fully saturated rings. The first-order valence-electron chi connectivity index (χ1n) is 12.4. The molecule has 2 heterocycles. The highest BCUT2D eigenvalue weighted by molar-refractivity contribution is 6.06. The van der Waals surface area contributed by atoms with Crippen LogP contribution in [0.3, 0.4) is 0 Å². The molecule has 3 aromatic rings. The van der Waals surface area contributed by atoms with Crippen LogP contribution in [0.25, 0.3) is 6.08 Å². The van der Waals surface area contributed by atoms with Crippen LogP contribution in [0.5, 0.6) is 0 Å². The molecule has 8 nitrogen and oxygen atoms in total. The van der Waals surface area contributed by atoms with Crippen LogP contribution in [0.2, 0.25) is 0 Å². The topological polar surface area (TPSA) is 90.5 Å². The van der Waals surface area contributed by atoms with E-state index in [9.17, 15) is 22.8 Å². The second kappa shape index (κ2) is 12.2. The summed E-state index contributed by atoms with van der Waals surface area (Å²) >= 11 is 0. The highest BCUT2D eigenvalue weighted by Gasteiger charge is 2.34. The lowest BCUT2D eigenvalue weighted by atomic mass is 10.0. The standard InChI is InChI=1S/C28H29F3N6O2/c1-19-3-7-23(14-25(19)35-26(38)8-4-20-15-32-18-33-16-20)34-27(39)21-5-6-22(24(13-21)28(29,30)31)17-37-11-9-36(2)10-12-37/h3-8,13-16,18H,9-12,17H2,1-2H3,(H,34,39)(H,35,38)/b8-4+. The largest absolute Gasteiger partial charge is 0.416 e. The summed E-state index contributed by atoms with van der Waals surface area (Å²) < 4.78 is 41.7. The Labute approximate surface area is 224 Å². The Hall–Kier alpha value is -4.09. The number of nitrogens with zero attached hydrogens (tertiary/aromatic N) is 4. The maximum Gasteiger partial charge on any atom is 0.416 e.